The van der Waals surface area contributed by atoms with Crippen LogP contribution in [0.2, 0.25) is 5.15 Å². The van der Waals surface area contributed by atoms with Crippen LogP contribution < -0.4 is 5.73 Å². The lowest BCUT2D eigenvalue weighted by Crippen LogP contribution is -2.41. The van der Waals surface area contributed by atoms with Gasteiger partial charge in [0.15, 0.2) is 5.12 Å². The molecule has 1 aliphatic rings. The van der Waals surface area contributed by atoms with Crippen molar-refractivity contribution in [3.63, 3.8) is 0 Å². The van der Waals surface area contributed by atoms with E-state index in [9.17, 15) is 4.79 Å². The van der Waals surface area contributed by atoms with Crippen LogP contribution in [0.4, 0.5) is 5.69 Å². The summed E-state index contributed by atoms with van der Waals surface area (Å²) < 4.78 is 12.2. The molecular weight excluding hydrogens is 347 g/mol. The fourth-order valence-corrected chi connectivity index (χ4v) is 2.89. The van der Waals surface area contributed by atoms with Crippen LogP contribution >= 0.6 is 23.4 Å². The SMILES string of the molecule is CC(=O)SCC(=Cc1cc(N)cnc1Cl)B1OC(C)(C)C(C)(C)O1. The molecule has 8 heteroatoms. The fourth-order valence-electron chi connectivity index (χ4n) is 2.14. The number of carbonyl (C=O) groups excluding carboxylic acids is 1. The predicted molar refractivity (Wildman–Crippen MR) is 101 cm³/mol. The van der Waals surface area contributed by atoms with E-state index < -0.39 is 18.3 Å². The molecule has 130 valence electrons. The monoisotopic (exact) mass is 368 g/mol. The van der Waals surface area contributed by atoms with E-state index in [1.807, 2.05) is 33.8 Å². The van der Waals surface area contributed by atoms with E-state index in [0.29, 0.717) is 22.2 Å². The second kappa shape index (κ2) is 7.08. The van der Waals surface area contributed by atoms with Crippen molar-refractivity contribution < 1.29 is 14.1 Å². The highest BCUT2D eigenvalue weighted by Crippen LogP contribution is 2.39. The first-order chi connectivity index (χ1) is 11.0. The van der Waals surface area contributed by atoms with Gasteiger partial charge in [-0.2, -0.15) is 0 Å². The van der Waals surface area contributed by atoms with Crippen molar-refractivity contribution in [2.24, 2.45) is 0 Å². The Balaban J connectivity index is 2.37. The molecule has 0 aromatic carbocycles. The lowest BCUT2D eigenvalue weighted by molar-refractivity contribution is -0.109. The molecule has 0 aliphatic carbocycles. The minimum absolute atomic E-state index is 0.0224. The van der Waals surface area contributed by atoms with Gasteiger partial charge in [-0.25, -0.2) is 4.98 Å². The van der Waals surface area contributed by atoms with Gasteiger partial charge in [-0.1, -0.05) is 29.4 Å². The molecule has 0 unspecified atom stereocenters. The van der Waals surface area contributed by atoms with Crippen molar-refractivity contribution in [2.75, 3.05) is 11.5 Å². The van der Waals surface area contributed by atoms with E-state index in [1.54, 1.807) is 6.07 Å². The highest BCUT2D eigenvalue weighted by atomic mass is 35.5. The summed E-state index contributed by atoms with van der Waals surface area (Å²) in [4.78, 5) is 15.4. The number of hydrogen-bond acceptors (Lipinski definition) is 6. The molecule has 1 fully saturated rings. The Kier molecular flexibility index (Phi) is 5.70. The maximum Gasteiger partial charge on any atom is 0.491 e. The average molecular weight is 369 g/mol. The van der Waals surface area contributed by atoms with Crippen LogP contribution in [-0.2, 0) is 14.1 Å². The van der Waals surface area contributed by atoms with Gasteiger partial charge in [0.1, 0.15) is 5.15 Å². The molecule has 2 N–H and O–H groups in total. The Morgan fingerprint density at radius 2 is 1.96 bits per heavy atom. The number of halogens is 1. The Morgan fingerprint density at radius 3 is 2.50 bits per heavy atom. The molecule has 0 saturated carbocycles. The van der Waals surface area contributed by atoms with Crippen LogP contribution in [0.25, 0.3) is 6.08 Å². The topological polar surface area (TPSA) is 74.4 Å². The molecule has 0 radical (unpaired) electrons. The summed E-state index contributed by atoms with van der Waals surface area (Å²) in [5, 5.41) is 0.361. The molecule has 0 bridgehead atoms. The van der Waals surface area contributed by atoms with Gasteiger partial charge in [-0.3, -0.25) is 4.79 Å². The van der Waals surface area contributed by atoms with Crippen molar-refractivity contribution in [3.8, 4) is 0 Å². The van der Waals surface area contributed by atoms with E-state index in [0.717, 1.165) is 5.47 Å². The lowest BCUT2D eigenvalue weighted by atomic mass is 9.78. The third kappa shape index (κ3) is 4.33. The Bertz CT molecular complexity index is 663. The molecule has 2 rings (SSSR count). The number of anilines is 1. The molecule has 1 saturated heterocycles. The number of rotatable bonds is 4. The third-order valence-corrected chi connectivity index (χ3v) is 5.43. The van der Waals surface area contributed by atoms with Gasteiger partial charge < -0.3 is 15.0 Å². The number of pyridine rings is 1. The molecule has 1 aromatic heterocycles. The molecule has 5 nitrogen and oxygen atoms in total. The number of nitrogens with two attached hydrogens (primary N) is 1. The second-order valence-corrected chi connectivity index (χ2v) is 8.25. The summed E-state index contributed by atoms with van der Waals surface area (Å²) in [6.07, 6.45) is 3.34. The molecule has 0 amide bonds. The number of aromatic nitrogens is 1. The highest BCUT2D eigenvalue weighted by Gasteiger charge is 2.52. The number of thioether (sulfide) groups is 1. The van der Waals surface area contributed by atoms with E-state index in [1.165, 1.54) is 24.9 Å². The zero-order chi connectivity index (χ0) is 18.1. The first-order valence-electron chi connectivity index (χ1n) is 7.62. The largest absolute Gasteiger partial charge is 0.491 e. The quantitative estimate of drug-likeness (QED) is 0.646. The second-order valence-electron chi connectivity index (χ2n) is 6.74. The van der Waals surface area contributed by atoms with Crippen molar-refractivity contribution in [3.05, 3.63) is 28.5 Å². The predicted octanol–water partition coefficient (Wildman–Crippen LogP) is 3.61. The van der Waals surface area contributed by atoms with Crippen LogP contribution in [0.5, 0.6) is 0 Å². The van der Waals surface area contributed by atoms with Crippen LogP contribution in [0.1, 0.15) is 40.2 Å². The standard InChI is InChI=1S/C16H22BClN2O3S/c1-10(21)24-9-12(6-11-7-13(19)8-20-14(11)18)17-22-15(2,3)16(4,5)23-17/h6-8H,9,19H2,1-5H3. The molecule has 0 spiro atoms. The summed E-state index contributed by atoms with van der Waals surface area (Å²) in [6.45, 7) is 9.46. The van der Waals surface area contributed by atoms with E-state index >= 15 is 0 Å². The Morgan fingerprint density at radius 1 is 1.38 bits per heavy atom. The number of hydrogen-bond donors (Lipinski definition) is 1. The Labute approximate surface area is 152 Å². The smallest absolute Gasteiger partial charge is 0.400 e. The van der Waals surface area contributed by atoms with Gasteiger partial charge >= 0.3 is 7.12 Å². The minimum Gasteiger partial charge on any atom is -0.400 e. The zero-order valence-electron chi connectivity index (χ0n) is 14.6. The van der Waals surface area contributed by atoms with Crippen molar-refractivity contribution in [1.82, 2.24) is 4.98 Å². The third-order valence-electron chi connectivity index (χ3n) is 4.23. The summed E-state index contributed by atoms with van der Waals surface area (Å²) >= 11 is 7.35. The molecule has 1 aliphatic heterocycles. The lowest BCUT2D eigenvalue weighted by Gasteiger charge is -2.32. The van der Waals surface area contributed by atoms with Gasteiger partial charge in [-0.15, -0.1) is 0 Å². The van der Waals surface area contributed by atoms with Gasteiger partial charge in [0, 0.05) is 18.2 Å². The van der Waals surface area contributed by atoms with Crippen LogP contribution in [0.15, 0.2) is 17.7 Å². The average Bonchev–Trinajstić information content (AvgIpc) is 2.66. The highest BCUT2D eigenvalue weighted by molar-refractivity contribution is 8.13. The summed E-state index contributed by atoms with van der Waals surface area (Å²) in [5.41, 5.74) is 6.86. The normalized spacial score (nSPS) is 19.6. The summed E-state index contributed by atoms with van der Waals surface area (Å²) in [5.74, 6) is 0.442. The van der Waals surface area contributed by atoms with Crippen LogP contribution in [0, 0.1) is 0 Å². The number of nitrogen functional groups attached to an aromatic ring is 1. The van der Waals surface area contributed by atoms with Gasteiger partial charge in [0.2, 0.25) is 0 Å². The first kappa shape index (κ1) is 19.3. The number of nitrogens with zero attached hydrogens (tertiary/aromatic N) is 1. The van der Waals surface area contributed by atoms with E-state index in [4.69, 9.17) is 26.6 Å². The van der Waals surface area contributed by atoms with Crippen molar-refractivity contribution in [2.45, 2.75) is 45.8 Å². The molecule has 2 heterocycles. The first-order valence-corrected chi connectivity index (χ1v) is 8.99. The summed E-state index contributed by atoms with van der Waals surface area (Å²) in [7, 11) is -0.556. The van der Waals surface area contributed by atoms with E-state index in [-0.39, 0.29) is 5.12 Å². The van der Waals surface area contributed by atoms with Crippen molar-refractivity contribution >= 4 is 47.4 Å². The van der Waals surface area contributed by atoms with Gasteiger partial charge in [0.05, 0.1) is 23.1 Å². The summed E-state index contributed by atoms with van der Waals surface area (Å²) in [6, 6.07) is 1.74. The molecule has 1 aromatic rings. The maximum atomic E-state index is 11.4. The van der Waals surface area contributed by atoms with Crippen molar-refractivity contribution in [1.29, 1.82) is 0 Å². The molecule has 0 atom stereocenters. The fraction of sp³-hybridized carbons (Fsp3) is 0.500. The maximum absolute atomic E-state index is 11.4. The van der Waals surface area contributed by atoms with Gasteiger partial charge in [-0.05, 0) is 39.2 Å². The number of carbonyl (C=O) groups is 1. The molecular formula is C16H22BClN2O3S. The van der Waals surface area contributed by atoms with E-state index in [2.05, 4.69) is 4.98 Å². The van der Waals surface area contributed by atoms with Crippen LogP contribution in [-0.4, -0.2) is 34.2 Å². The van der Waals surface area contributed by atoms with Gasteiger partial charge in [0.25, 0.3) is 0 Å². The molecule has 24 heavy (non-hydrogen) atoms. The Hall–Kier alpha value is -1.02. The van der Waals surface area contributed by atoms with Crippen LogP contribution in [0.3, 0.4) is 0 Å². The zero-order valence-corrected chi connectivity index (χ0v) is 16.1. The minimum atomic E-state index is -0.556.